The molecule has 7 nitrogen and oxygen atoms in total. The molecule has 0 unspecified atom stereocenters. The minimum Gasteiger partial charge on any atom is -0.494 e. The Morgan fingerprint density at radius 3 is 2.44 bits per heavy atom. The Morgan fingerprint density at radius 1 is 0.906 bits per heavy atom. The molecular formula is C25H35N3O4. The summed E-state index contributed by atoms with van der Waals surface area (Å²) in [6.07, 6.45) is 6.05. The number of benzene rings is 2. The second kappa shape index (κ2) is 14.9. The first kappa shape index (κ1) is 25.2. The molecule has 0 radical (unpaired) electrons. The number of anilines is 2. The van der Waals surface area contributed by atoms with E-state index in [-0.39, 0.29) is 18.4 Å². The normalized spacial score (nSPS) is 10.4. The highest BCUT2D eigenvalue weighted by molar-refractivity contribution is 5.98. The van der Waals surface area contributed by atoms with Crippen LogP contribution in [0.4, 0.5) is 11.4 Å². The molecule has 0 aliphatic rings. The molecule has 174 valence electrons. The number of hydrogen-bond donors (Lipinski definition) is 3. The molecular weight excluding hydrogens is 406 g/mol. The SMILES string of the molecule is CCCCCCCOc1ccc(NCC(=O)Nc2cccc(C(=O)NCCOC)c2)cc1. The summed E-state index contributed by atoms with van der Waals surface area (Å²) in [5, 5.41) is 8.65. The first-order valence-electron chi connectivity index (χ1n) is 11.3. The molecule has 0 aliphatic carbocycles. The zero-order valence-electron chi connectivity index (χ0n) is 19.1. The molecule has 0 saturated heterocycles. The van der Waals surface area contributed by atoms with Gasteiger partial charge in [-0.1, -0.05) is 38.7 Å². The van der Waals surface area contributed by atoms with Gasteiger partial charge in [0.25, 0.3) is 5.91 Å². The maximum absolute atomic E-state index is 12.3. The van der Waals surface area contributed by atoms with Crippen LogP contribution in [-0.2, 0) is 9.53 Å². The van der Waals surface area contributed by atoms with Crippen molar-refractivity contribution in [2.45, 2.75) is 39.0 Å². The fourth-order valence-corrected chi connectivity index (χ4v) is 3.06. The topological polar surface area (TPSA) is 88.7 Å². The van der Waals surface area contributed by atoms with Crippen LogP contribution in [0.1, 0.15) is 49.4 Å². The van der Waals surface area contributed by atoms with Gasteiger partial charge in [-0.3, -0.25) is 9.59 Å². The monoisotopic (exact) mass is 441 g/mol. The lowest BCUT2D eigenvalue weighted by atomic mass is 10.2. The smallest absolute Gasteiger partial charge is 0.251 e. The van der Waals surface area contributed by atoms with Gasteiger partial charge in [0, 0.05) is 30.6 Å². The third-order valence-corrected chi connectivity index (χ3v) is 4.82. The van der Waals surface area contributed by atoms with E-state index in [1.807, 2.05) is 24.3 Å². The van der Waals surface area contributed by atoms with E-state index in [4.69, 9.17) is 9.47 Å². The van der Waals surface area contributed by atoms with Crippen LogP contribution in [0.3, 0.4) is 0 Å². The number of rotatable bonds is 15. The zero-order chi connectivity index (χ0) is 23.0. The van der Waals surface area contributed by atoms with Gasteiger partial charge in [-0.15, -0.1) is 0 Å². The summed E-state index contributed by atoms with van der Waals surface area (Å²) in [6.45, 7) is 3.92. The first-order valence-corrected chi connectivity index (χ1v) is 11.3. The van der Waals surface area contributed by atoms with Gasteiger partial charge in [0.2, 0.25) is 5.91 Å². The van der Waals surface area contributed by atoms with Gasteiger partial charge in [0.05, 0.1) is 19.8 Å². The molecule has 2 aromatic carbocycles. The van der Waals surface area contributed by atoms with E-state index in [1.165, 1.54) is 25.7 Å². The maximum atomic E-state index is 12.3. The summed E-state index contributed by atoms with van der Waals surface area (Å²) in [6, 6.07) is 14.4. The van der Waals surface area contributed by atoms with Crippen LogP contribution in [0.15, 0.2) is 48.5 Å². The average Bonchev–Trinajstić information content (AvgIpc) is 2.81. The summed E-state index contributed by atoms with van der Waals surface area (Å²) in [5.41, 5.74) is 1.88. The molecule has 0 fully saturated rings. The van der Waals surface area contributed by atoms with Crippen molar-refractivity contribution in [3.05, 3.63) is 54.1 Å². The van der Waals surface area contributed by atoms with Gasteiger partial charge in [-0.2, -0.15) is 0 Å². The fraction of sp³-hybridized carbons (Fsp3) is 0.440. The molecule has 2 amide bonds. The van der Waals surface area contributed by atoms with Crippen LogP contribution in [-0.4, -0.2) is 45.2 Å². The molecule has 0 saturated carbocycles. The van der Waals surface area contributed by atoms with Crippen molar-refractivity contribution in [2.24, 2.45) is 0 Å². The minimum absolute atomic E-state index is 0.113. The second-order valence-corrected chi connectivity index (χ2v) is 7.52. The van der Waals surface area contributed by atoms with Crippen molar-refractivity contribution in [1.29, 1.82) is 0 Å². The molecule has 2 rings (SSSR count). The number of carbonyl (C=O) groups is 2. The Hall–Kier alpha value is -3.06. The predicted octanol–water partition coefficient (Wildman–Crippen LogP) is 4.46. The van der Waals surface area contributed by atoms with Crippen molar-refractivity contribution in [1.82, 2.24) is 5.32 Å². The third-order valence-electron chi connectivity index (χ3n) is 4.82. The standard InChI is InChI=1S/C25H35N3O4/c1-3-4-5-6-7-16-32-23-13-11-21(12-14-23)27-19-24(29)28-22-10-8-9-20(18-22)25(30)26-15-17-31-2/h8-14,18,27H,3-7,15-17,19H2,1-2H3,(H,26,30)(H,28,29). The molecule has 0 spiro atoms. The molecule has 0 bridgehead atoms. The lowest BCUT2D eigenvalue weighted by Gasteiger charge is -2.10. The molecule has 0 heterocycles. The summed E-state index contributed by atoms with van der Waals surface area (Å²) in [7, 11) is 1.58. The number of methoxy groups -OCH3 is 1. The highest BCUT2D eigenvalue weighted by Crippen LogP contribution is 2.16. The lowest BCUT2D eigenvalue weighted by molar-refractivity contribution is -0.114. The Kier molecular flexibility index (Phi) is 11.7. The quantitative estimate of drug-likeness (QED) is 0.355. The molecule has 7 heteroatoms. The van der Waals surface area contributed by atoms with E-state index in [0.717, 1.165) is 24.5 Å². The average molecular weight is 442 g/mol. The largest absolute Gasteiger partial charge is 0.494 e. The molecule has 2 aromatic rings. The lowest BCUT2D eigenvalue weighted by Crippen LogP contribution is -2.27. The van der Waals surface area contributed by atoms with Crippen molar-refractivity contribution < 1.29 is 19.1 Å². The Labute approximate surface area is 190 Å². The van der Waals surface area contributed by atoms with Crippen LogP contribution < -0.4 is 20.7 Å². The van der Waals surface area contributed by atoms with Gasteiger partial charge in [0.1, 0.15) is 5.75 Å². The Morgan fingerprint density at radius 2 is 1.69 bits per heavy atom. The summed E-state index contributed by atoms with van der Waals surface area (Å²) in [5.74, 6) is 0.421. The van der Waals surface area contributed by atoms with Crippen molar-refractivity contribution in [2.75, 3.05) is 44.0 Å². The second-order valence-electron chi connectivity index (χ2n) is 7.52. The van der Waals surface area contributed by atoms with Crippen LogP contribution in [0.2, 0.25) is 0 Å². The van der Waals surface area contributed by atoms with Crippen LogP contribution in [0, 0.1) is 0 Å². The molecule has 0 aromatic heterocycles. The van der Waals surface area contributed by atoms with E-state index < -0.39 is 0 Å². The Balaban J connectivity index is 1.72. The van der Waals surface area contributed by atoms with E-state index in [2.05, 4.69) is 22.9 Å². The van der Waals surface area contributed by atoms with Crippen LogP contribution >= 0.6 is 0 Å². The van der Waals surface area contributed by atoms with Gasteiger partial charge in [-0.25, -0.2) is 0 Å². The minimum atomic E-state index is -0.209. The van der Waals surface area contributed by atoms with Crippen molar-refractivity contribution in [3.8, 4) is 5.75 Å². The highest BCUT2D eigenvalue weighted by atomic mass is 16.5. The van der Waals surface area contributed by atoms with E-state index >= 15 is 0 Å². The number of nitrogens with one attached hydrogen (secondary N) is 3. The molecule has 0 aliphatic heterocycles. The zero-order valence-corrected chi connectivity index (χ0v) is 19.1. The molecule has 32 heavy (non-hydrogen) atoms. The highest BCUT2D eigenvalue weighted by Gasteiger charge is 2.08. The number of unbranched alkanes of at least 4 members (excludes halogenated alkanes) is 4. The fourth-order valence-electron chi connectivity index (χ4n) is 3.06. The summed E-state index contributed by atoms with van der Waals surface area (Å²) >= 11 is 0. The van der Waals surface area contributed by atoms with E-state index in [9.17, 15) is 9.59 Å². The maximum Gasteiger partial charge on any atom is 0.251 e. The summed E-state index contributed by atoms with van der Waals surface area (Å²) in [4.78, 5) is 24.4. The molecule has 0 atom stereocenters. The third kappa shape index (κ3) is 9.83. The number of ether oxygens (including phenoxy) is 2. The predicted molar refractivity (Wildman–Crippen MR) is 128 cm³/mol. The Bertz CT molecular complexity index is 824. The molecule has 3 N–H and O–H groups in total. The van der Waals surface area contributed by atoms with Gasteiger partial charge < -0.3 is 25.4 Å². The van der Waals surface area contributed by atoms with Gasteiger partial charge in [-0.05, 0) is 48.9 Å². The number of amides is 2. The van der Waals surface area contributed by atoms with Crippen molar-refractivity contribution >= 4 is 23.2 Å². The van der Waals surface area contributed by atoms with Gasteiger partial charge in [0.15, 0.2) is 0 Å². The van der Waals surface area contributed by atoms with Crippen LogP contribution in [0.25, 0.3) is 0 Å². The summed E-state index contributed by atoms with van der Waals surface area (Å²) < 4.78 is 10.7. The van der Waals surface area contributed by atoms with E-state index in [0.29, 0.717) is 24.4 Å². The van der Waals surface area contributed by atoms with Crippen molar-refractivity contribution in [3.63, 3.8) is 0 Å². The number of carbonyl (C=O) groups excluding carboxylic acids is 2. The first-order chi connectivity index (χ1) is 15.6. The van der Waals surface area contributed by atoms with E-state index in [1.54, 1.807) is 31.4 Å². The number of hydrogen-bond acceptors (Lipinski definition) is 5. The van der Waals surface area contributed by atoms with Gasteiger partial charge >= 0.3 is 0 Å². The van der Waals surface area contributed by atoms with Crippen LogP contribution in [0.5, 0.6) is 5.75 Å².